The lowest BCUT2D eigenvalue weighted by Gasteiger charge is -2.30. The van der Waals surface area contributed by atoms with E-state index in [0.717, 1.165) is 22.6 Å². The van der Waals surface area contributed by atoms with Crippen molar-refractivity contribution in [1.82, 2.24) is 9.62 Å². The Morgan fingerprint density at radius 3 is 2.24 bits per heavy atom. The number of carboxylic acid groups (broad SMARTS) is 1. The van der Waals surface area contributed by atoms with Crippen LogP contribution in [0, 0.1) is 11.8 Å². The maximum atomic E-state index is 13.2. The molecule has 0 aliphatic rings. The Kier molecular flexibility index (Phi) is 11.3. The molecule has 2 aromatic rings. The van der Waals surface area contributed by atoms with Gasteiger partial charge in [-0.05, 0) is 41.9 Å². The molecule has 210 valence electrons. The molecule has 1 unspecified atom stereocenters. The van der Waals surface area contributed by atoms with Crippen molar-refractivity contribution < 1.29 is 32.6 Å². The number of rotatable bonds is 13. The van der Waals surface area contributed by atoms with Crippen LogP contribution in [0.2, 0.25) is 0 Å². The minimum atomic E-state index is -4.19. The van der Waals surface area contributed by atoms with Crippen LogP contribution in [0.4, 0.5) is 4.79 Å². The van der Waals surface area contributed by atoms with Gasteiger partial charge in [-0.2, -0.15) is 0 Å². The van der Waals surface area contributed by atoms with Gasteiger partial charge in [-0.3, -0.25) is 4.79 Å². The molecule has 9 nitrogen and oxygen atoms in total. The molecule has 1 aromatic carbocycles. The second-order valence-electron chi connectivity index (χ2n) is 9.98. The van der Waals surface area contributed by atoms with Crippen LogP contribution < -0.4 is 4.72 Å². The number of hydrogen-bond donors (Lipinski definition) is 2. The van der Waals surface area contributed by atoms with Crippen LogP contribution in [0.25, 0.3) is 11.1 Å². The number of ether oxygens (including phenoxy) is 1. The molecule has 1 atom stereocenters. The summed E-state index contributed by atoms with van der Waals surface area (Å²) >= 11 is 1.11. The number of sulfonamides is 1. The number of nitrogens with zero attached hydrogens (tertiary/aromatic N) is 1. The Hall–Kier alpha value is -2.92. The van der Waals surface area contributed by atoms with Crippen LogP contribution in [-0.2, 0) is 37.3 Å². The third kappa shape index (κ3) is 8.56. The fraction of sp³-hybridized carbons (Fsp3) is 0.519. The zero-order valence-electron chi connectivity index (χ0n) is 22.8. The normalized spacial score (nSPS) is 12.4. The number of unbranched alkanes of at least 4 members (excludes halogenated alkanes) is 1. The van der Waals surface area contributed by atoms with Crippen LogP contribution in [0.3, 0.4) is 0 Å². The number of amides is 2. The molecule has 1 aromatic heterocycles. The van der Waals surface area contributed by atoms with E-state index in [0.29, 0.717) is 35.4 Å². The highest BCUT2D eigenvalue weighted by molar-refractivity contribution is 7.92. The minimum absolute atomic E-state index is 0.0180. The monoisotopic (exact) mass is 566 g/mol. The van der Waals surface area contributed by atoms with Crippen LogP contribution in [0.1, 0.15) is 64.8 Å². The SMILES string of the molecule is CCCCOC(=O)NS(=O)(=O)c1sc(CC(C)C)cc1-c1ccc(CN(C(C)=O)C(C(=O)O)C(C)C)cc1. The van der Waals surface area contributed by atoms with Crippen molar-refractivity contribution >= 4 is 39.3 Å². The Balaban J connectivity index is 2.40. The number of nitrogens with one attached hydrogen (secondary N) is 1. The Labute approximate surface area is 229 Å². The molecule has 2 N–H and O–H groups in total. The molecule has 11 heteroatoms. The predicted octanol–water partition coefficient (Wildman–Crippen LogP) is 5.29. The summed E-state index contributed by atoms with van der Waals surface area (Å²) in [5, 5.41) is 9.64. The zero-order chi connectivity index (χ0) is 28.6. The van der Waals surface area contributed by atoms with Crippen molar-refractivity contribution in [1.29, 1.82) is 0 Å². The minimum Gasteiger partial charge on any atom is -0.480 e. The Morgan fingerprint density at radius 1 is 1.11 bits per heavy atom. The molecule has 0 bridgehead atoms. The van der Waals surface area contributed by atoms with E-state index in [1.807, 2.05) is 31.6 Å². The van der Waals surface area contributed by atoms with Crippen LogP contribution in [0.5, 0.6) is 0 Å². The summed E-state index contributed by atoms with van der Waals surface area (Å²) < 4.78 is 33.3. The highest BCUT2D eigenvalue weighted by atomic mass is 32.2. The molecule has 0 aliphatic carbocycles. The summed E-state index contributed by atoms with van der Waals surface area (Å²) in [6.45, 7) is 11.1. The summed E-state index contributed by atoms with van der Waals surface area (Å²) in [7, 11) is -4.19. The number of carbonyl (C=O) groups excluding carboxylic acids is 2. The van der Waals surface area contributed by atoms with Crippen molar-refractivity contribution in [3.63, 3.8) is 0 Å². The van der Waals surface area contributed by atoms with E-state index in [4.69, 9.17) is 4.74 Å². The van der Waals surface area contributed by atoms with Gasteiger partial charge in [0.2, 0.25) is 5.91 Å². The molecule has 0 saturated heterocycles. The average molecular weight is 567 g/mol. The third-order valence-corrected chi connectivity index (χ3v) is 8.80. The molecule has 0 fully saturated rings. The molecular weight excluding hydrogens is 528 g/mol. The number of carbonyl (C=O) groups is 3. The number of hydrogen-bond acceptors (Lipinski definition) is 7. The summed E-state index contributed by atoms with van der Waals surface area (Å²) in [6, 6.07) is 7.80. The van der Waals surface area contributed by atoms with Crippen molar-refractivity contribution in [2.24, 2.45) is 11.8 Å². The smallest absolute Gasteiger partial charge is 0.421 e. The molecule has 0 radical (unpaired) electrons. The van der Waals surface area contributed by atoms with Gasteiger partial charge in [-0.25, -0.2) is 22.7 Å². The fourth-order valence-electron chi connectivity index (χ4n) is 3.99. The van der Waals surface area contributed by atoms with E-state index < -0.39 is 28.1 Å². The van der Waals surface area contributed by atoms with E-state index in [2.05, 4.69) is 0 Å². The Morgan fingerprint density at radius 2 is 1.74 bits per heavy atom. The van der Waals surface area contributed by atoms with Gasteiger partial charge in [0.25, 0.3) is 10.0 Å². The third-order valence-electron chi connectivity index (χ3n) is 5.79. The summed E-state index contributed by atoms with van der Waals surface area (Å²) in [5.41, 5.74) is 1.78. The zero-order valence-corrected chi connectivity index (χ0v) is 24.4. The van der Waals surface area contributed by atoms with Gasteiger partial charge in [0.1, 0.15) is 10.3 Å². The maximum absolute atomic E-state index is 13.2. The van der Waals surface area contributed by atoms with Gasteiger partial charge >= 0.3 is 12.1 Å². The molecule has 2 rings (SSSR count). The number of thiophene rings is 1. The maximum Gasteiger partial charge on any atom is 0.421 e. The summed E-state index contributed by atoms with van der Waals surface area (Å²) in [4.78, 5) is 38.3. The first-order valence-electron chi connectivity index (χ1n) is 12.7. The number of carboxylic acids is 1. The first-order valence-corrected chi connectivity index (χ1v) is 15.0. The first-order chi connectivity index (χ1) is 17.8. The molecule has 0 saturated carbocycles. The molecule has 38 heavy (non-hydrogen) atoms. The van der Waals surface area contributed by atoms with Crippen molar-refractivity contribution in [3.8, 4) is 11.1 Å². The highest BCUT2D eigenvalue weighted by Crippen LogP contribution is 2.36. The predicted molar refractivity (Wildman–Crippen MR) is 147 cm³/mol. The topological polar surface area (TPSA) is 130 Å². The Bertz CT molecular complexity index is 1220. The lowest BCUT2D eigenvalue weighted by molar-refractivity contribution is -0.152. The van der Waals surface area contributed by atoms with E-state index >= 15 is 0 Å². The molecule has 2 amide bonds. The highest BCUT2D eigenvalue weighted by Gasteiger charge is 2.31. The second-order valence-corrected chi connectivity index (χ2v) is 13.0. The standard InChI is InChI=1S/C27H38N2O7S2/c1-7-8-13-36-27(33)28-38(34,35)26-23(15-22(37-26)14-17(2)3)21-11-9-20(10-12-21)16-29(19(6)30)24(18(4)5)25(31)32/h9-12,15,17-18,24H,7-8,13-14,16H2,1-6H3,(H,28,33)(H,31,32). The summed E-state index contributed by atoms with van der Waals surface area (Å²) in [5.74, 6) is -1.41. The van der Waals surface area contributed by atoms with Crippen molar-refractivity contribution in [2.45, 2.75) is 77.6 Å². The van der Waals surface area contributed by atoms with Gasteiger partial charge in [0.15, 0.2) is 0 Å². The van der Waals surface area contributed by atoms with Gasteiger partial charge in [0.05, 0.1) is 6.61 Å². The van der Waals surface area contributed by atoms with Crippen LogP contribution >= 0.6 is 11.3 Å². The first kappa shape index (κ1) is 31.3. The number of aliphatic carboxylic acids is 1. The largest absolute Gasteiger partial charge is 0.480 e. The average Bonchev–Trinajstić information content (AvgIpc) is 3.22. The molecule has 1 heterocycles. The summed E-state index contributed by atoms with van der Waals surface area (Å²) in [6.07, 6.45) is 1.10. The van der Waals surface area contributed by atoms with E-state index in [-0.39, 0.29) is 29.2 Å². The lowest BCUT2D eigenvalue weighted by atomic mass is 10.0. The van der Waals surface area contributed by atoms with Gasteiger partial charge in [-0.1, -0.05) is 65.3 Å². The van der Waals surface area contributed by atoms with Crippen molar-refractivity contribution in [2.75, 3.05) is 6.61 Å². The lowest BCUT2D eigenvalue weighted by Crippen LogP contribution is -2.46. The van der Waals surface area contributed by atoms with E-state index in [9.17, 15) is 27.9 Å². The van der Waals surface area contributed by atoms with Gasteiger partial charge in [0, 0.05) is 23.9 Å². The van der Waals surface area contributed by atoms with E-state index in [1.165, 1.54) is 11.8 Å². The number of benzene rings is 1. The van der Waals surface area contributed by atoms with E-state index in [1.54, 1.807) is 38.1 Å². The molecular formula is C27H38N2O7S2. The van der Waals surface area contributed by atoms with Crippen LogP contribution in [0.15, 0.2) is 34.5 Å². The molecule has 0 spiro atoms. The van der Waals surface area contributed by atoms with Crippen molar-refractivity contribution in [3.05, 3.63) is 40.8 Å². The fourth-order valence-corrected chi connectivity index (χ4v) is 6.83. The quantitative estimate of drug-likeness (QED) is 0.315. The molecule has 0 aliphatic heterocycles. The second kappa shape index (κ2) is 13.7. The van der Waals surface area contributed by atoms with Crippen LogP contribution in [-0.4, -0.2) is 49.0 Å². The van der Waals surface area contributed by atoms with Gasteiger partial charge in [-0.15, -0.1) is 11.3 Å². The van der Waals surface area contributed by atoms with Gasteiger partial charge < -0.3 is 14.7 Å².